The summed E-state index contributed by atoms with van der Waals surface area (Å²) in [6.45, 7) is 5.15. The lowest BCUT2D eigenvalue weighted by atomic mass is 9.77. The predicted octanol–water partition coefficient (Wildman–Crippen LogP) is 2.34. The summed E-state index contributed by atoms with van der Waals surface area (Å²) in [4.78, 5) is 21.6. The van der Waals surface area contributed by atoms with Gasteiger partial charge in [-0.1, -0.05) is 6.07 Å². The van der Waals surface area contributed by atoms with E-state index in [0.717, 1.165) is 57.6 Å². The summed E-state index contributed by atoms with van der Waals surface area (Å²) < 4.78 is 11.7. The van der Waals surface area contributed by atoms with E-state index in [0.29, 0.717) is 18.9 Å². The first-order valence-corrected chi connectivity index (χ1v) is 10.5. The molecular formula is C22H33N3O3. The fraction of sp³-hybridized carbons (Fsp3) is 0.727. The molecule has 154 valence electrons. The molecule has 4 rings (SSSR count). The van der Waals surface area contributed by atoms with Crippen LogP contribution in [-0.2, 0) is 20.9 Å². The topological polar surface area (TPSA) is 54.9 Å². The summed E-state index contributed by atoms with van der Waals surface area (Å²) in [5.41, 5.74) is 1.08. The van der Waals surface area contributed by atoms with Gasteiger partial charge in [0.2, 0.25) is 5.91 Å². The molecule has 0 unspecified atom stereocenters. The molecule has 1 saturated carbocycles. The molecule has 1 amide bonds. The Labute approximate surface area is 168 Å². The normalized spacial score (nSPS) is 29.4. The van der Waals surface area contributed by atoms with Gasteiger partial charge in [-0.25, -0.2) is 0 Å². The van der Waals surface area contributed by atoms with E-state index in [-0.39, 0.29) is 16.9 Å². The molecule has 2 saturated heterocycles. The molecule has 1 aliphatic carbocycles. The zero-order chi connectivity index (χ0) is 19.6. The molecule has 6 nitrogen and oxygen atoms in total. The van der Waals surface area contributed by atoms with Crippen LogP contribution < -0.4 is 0 Å². The molecule has 28 heavy (non-hydrogen) atoms. The van der Waals surface area contributed by atoms with E-state index in [1.165, 1.54) is 6.42 Å². The van der Waals surface area contributed by atoms with Crippen molar-refractivity contribution in [3.05, 3.63) is 30.1 Å². The van der Waals surface area contributed by atoms with Gasteiger partial charge in [0.05, 0.1) is 25.2 Å². The molecule has 2 aliphatic heterocycles. The van der Waals surface area contributed by atoms with Crippen molar-refractivity contribution in [3.63, 3.8) is 0 Å². The highest BCUT2D eigenvalue weighted by Crippen LogP contribution is 2.45. The Morgan fingerprint density at radius 1 is 1.32 bits per heavy atom. The molecule has 3 heterocycles. The number of aromatic nitrogens is 1. The number of hydrogen-bond donors (Lipinski definition) is 0. The number of methoxy groups -OCH3 is 1. The molecule has 1 aromatic rings. The van der Waals surface area contributed by atoms with Gasteiger partial charge >= 0.3 is 0 Å². The van der Waals surface area contributed by atoms with Crippen molar-refractivity contribution in [1.82, 2.24) is 14.8 Å². The van der Waals surface area contributed by atoms with Crippen LogP contribution in [0.2, 0.25) is 0 Å². The van der Waals surface area contributed by atoms with Crippen LogP contribution in [0, 0.1) is 11.3 Å². The van der Waals surface area contributed by atoms with Crippen molar-refractivity contribution in [2.24, 2.45) is 11.3 Å². The summed E-state index contributed by atoms with van der Waals surface area (Å²) in [7, 11) is 3.93. The first kappa shape index (κ1) is 19.8. The van der Waals surface area contributed by atoms with E-state index in [1.54, 1.807) is 13.3 Å². The Hall–Kier alpha value is -1.50. The first-order valence-electron chi connectivity index (χ1n) is 10.5. The van der Waals surface area contributed by atoms with Crippen LogP contribution in [0.15, 0.2) is 24.5 Å². The summed E-state index contributed by atoms with van der Waals surface area (Å²) >= 11 is 0. The Balaban J connectivity index is 1.34. The minimum absolute atomic E-state index is 0.166. The van der Waals surface area contributed by atoms with Gasteiger partial charge in [-0.2, -0.15) is 0 Å². The van der Waals surface area contributed by atoms with Gasteiger partial charge in [0, 0.05) is 57.0 Å². The maximum atomic E-state index is 12.9. The number of likely N-dealkylation sites (tertiary alicyclic amines) is 2. The van der Waals surface area contributed by atoms with Crippen molar-refractivity contribution in [2.75, 3.05) is 46.9 Å². The number of carbonyl (C=O) groups excluding carboxylic acids is 1. The number of nitrogens with zero attached hydrogens (tertiary/aromatic N) is 3. The Bertz CT molecular complexity index is 673. The quantitative estimate of drug-likeness (QED) is 0.719. The Morgan fingerprint density at radius 2 is 2.18 bits per heavy atom. The van der Waals surface area contributed by atoms with Crippen LogP contribution in [-0.4, -0.2) is 73.2 Å². The minimum Gasteiger partial charge on any atom is -0.378 e. The molecule has 0 N–H and O–H groups in total. The molecule has 0 bridgehead atoms. The second kappa shape index (κ2) is 8.09. The highest BCUT2D eigenvalue weighted by molar-refractivity contribution is 5.78. The fourth-order valence-electron chi connectivity index (χ4n) is 5.32. The molecule has 0 radical (unpaired) electrons. The molecule has 3 fully saturated rings. The first-order chi connectivity index (χ1) is 13.5. The lowest BCUT2D eigenvalue weighted by Crippen LogP contribution is -2.45. The van der Waals surface area contributed by atoms with Gasteiger partial charge in [-0.05, 0) is 44.4 Å². The van der Waals surface area contributed by atoms with Gasteiger partial charge in [0.25, 0.3) is 0 Å². The van der Waals surface area contributed by atoms with Crippen molar-refractivity contribution in [2.45, 2.75) is 44.3 Å². The fourth-order valence-corrected chi connectivity index (χ4v) is 5.32. The molecule has 3 aliphatic rings. The molecule has 1 spiro atoms. The second-order valence-electron chi connectivity index (χ2n) is 9.12. The van der Waals surface area contributed by atoms with Crippen LogP contribution in [0.4, 0.5) is 0 Å². The Kier molecular flexibility index (Phi) is 5.72. The number of amides is 1. The number of hydrogen-bond acceptors (Lipinski definition) is 5. The van der Waals surface area contributed by atoms with E-state index in [9.17, 15) is 4.79 Å². The number of rotatable bonds is 7. The van der Waals surface area contributed by atoms with Gasteiger partial charge in [0.15, 0.2) is 0 Å². The average Bonchev–Trinajstić information content (AvgIpc) is 3.23. The zero-order valence-electron chi connectivity index (χ0n) is 17.2. The van der Waals surface area contributed by atoms with Crippen LogP contribution in [0.5, 0.6) is 0 Å². The highest BCUT2D eigenvalue weighted by atomic mass is 16.5. The third-order valence-electron chi connectivity index (χ3n) is 7.20. The maximum Gasteiger partial charge on any atom is 0.225 e. The highest BCUT2D eigenvalue weighted by Gasteiger charge is 2.51. The van der Waals surface area contributed by atoms with E-state index in [2.05, 4.69) is 21.8 Å². The minimum atomic E-state index is -0.189. The molecular weight excluding hydrogens is 354 g/mol. The van der Waals surface area contributed by atoms with E-state index in [4.69, 9.17) is 9.47 Å². The van der Waals surface area contributed by atoms with Crippen molar-refractivity contribution in [1.29, 1.82) is 0 Å². The maximum absolute atomic E-state index is 12.9. The standard InChI is InChI=1S/C22H33N3O3/c1-24-13-19(15-28-14-18-5-3-9-23-12-18)21(16-24)8-10-25(17-21)20(26)11-22(27-2)6-4-7-22/h3,5,9,12,19H,4,6-8,10-11,13-17H2,1-2H3/t19-,21-/m1/s1. The molecule has 0 aromatic carbocycles. The van der Waals surface area contributed by atoms with E-state index >= 15 is 0 Å². The molecule has 6 heteroatoms. The molecule has 2 atom stereocenters. The van der Waals surface area contributed by atoms with Gasteiger partial charge in [-0.15, -0.1) is 0 Å². The number of ether oxygens (including phenoxy) is 2. The van der Waals surface area contributed by atoms with Crippen LogP contribution in [0.3, 0.4) is 0 Å². The summed E-state index contributed by atoms with van der Waals surface area (Å²) in [5.74, 6) is 0.732. The van der Waals surface area contributed by atoms with E-state index in [1.807, 2.05) is 18.3 Å². The van der Waals surface area contributed by atoms with Gasteiger partial charge < -0.3 is 19.3 Å². The smallest absolute Gasteiger partial charge is 0.225 e. The lowest BCUT2D eigenvalue weighted by molar-refractivity contribution is -0.143. The summed E-state index contributed by atoms with van der Waals surface area (Å²) in [6.07, 6.45) is 8.46. The molecule has 1 aromatic heterocycles. The third-order valence-corrected chi connectivity index (χ3v) is 7.20. The van der Waals surface area contributed by atoms with Crippen LogP contribution in [0.1, 0.15) is 37.7 Å². The monoisotopic (exact) mass is 387 g/mol. The van der Waals surface area contributed by atoms with Crippen LogP contribution in [0.25, 0.3) is 0 Å². The van der Waals surface area contributed by atoms with Crippen molar-refractivity contribution >= 4 is 5.91 Å². The summed E-state index contributed by atoms with van der Waals surface area (Å²) in [5, 5.41) is 0. The van der Waals surface area contributed by atoms with E-state index < -0.39 is 0 Å². The van der Waals surface area contributed by atoms with Crippen LogP contribution >= 0.6 is 0 Å². The average molecular weight is 388 g/mol. The zero-order valence-corrected chi connectivity index (χ0v) is 17.2. The van der Waals surface area contributed by atoms with Gasteiger partial charge in [0.1, 0.15) is 0 Å². The number of pyridine rings is 1. The Morgan fingerprint density at radius 3 is 2.86 bits per heavy atom. The van der Waals surface area contributed by atoms with Crippen molar-refractivity contribution < 1.29 is 14.3 Å². The van der Waals surface area contributed by atoms with Gasteiger partial charge in [-0.3, -0.25) is 9.78 Å². The predicted molar refractivity (Wildman–Crippen MR) is 107 cm³/mol. The largest absolute Gasteiger partial charge is 0.378 e. The SMILES string of the molecule is COC1(CC(=O)N2CC[C@@]3(CN(C)C[C@@H]3COCc3cccnc3)C2)CCC1. The second-order valence-corrected chi connectivity index (χ2v) is 9.12. The summed E-state index contributed by atoms with van der Waals surface area (Å²) in [6, 6.07) is 3.99. The third kappa shape index (κ3) is 3.95. The number of carbonyl (C=O) groups is 1. The lowest BCUT2D eigenvalue weighted by Gasteiger charge is -2.41. The van der Waals surface area contributed by atoms with Crippen molar-refractivity contribution in [3.8, 4) is 0 Å².